The van der Waals surface area contributed by atoms with Crippen LogP contribution < -0.4 is 0 Å². The average Bonchev–Trinajstić information content (AvgIpc) is 3.09. The zero-order valence-corrected chi connectivity index (χ0v) is 15.3. The highest BCUT2D eigenvalue weighted by molar-refractivity contribution is 7.13. The molecule has 0 aliphatic heterocycles. The lowest BCUT2D eigenvalue weighted by molar-refractivity contribution is -0.140. The van der Waals surface area contributed by atoms with Crippen molar-refractivity contribution < 1.29 is 14.7 Å². The Balaban J connectivity index is 1.68. The van der Waals surface area contributed by atoms with Gasteiger partial charge in [-0.1, -0.05) is 54.1 Å². The molecule has 0 amide bonds. The number of rotatable bonds is 7. The zero-order valence-electron chi connectivity index (χ0n) is 13.8. The van der Waals surface area contributed by atoms with Crippen LogP contribution in [0.4, 0.5) is 0 Å². The molecule has 0 spiro atoms. The Bertz CT molecular complexity index is 906. The minimum atomic E-state index is -0.996. The molecular weight excluding hydrogens is 370 g/mol. The van der Waals surface area contributed by atoms with Gasteiger partial charge in [0.15, 0.2) is 0 Å². The van der Waals surface area contributed by atoms with Crippen molar-refractivity contribution in [3.8, 4) is 10.6 Å². The van der Waals surface area contributed by atoms with E-state index in [-0.39, 0.29) is 18.6 Å². The normalized spacial score (nSPS) is 11.9. The Morgan fingerprint density at radius 3 is 2.42 bits per heavy atom. The summed E-state index contributed by atoms with van der Waals surface area (Å²) < 4.78 is 0. The van der Waals surface area contributed by atoms with Gasteiger partial charge in [-0.3, -0.25) is 9.59 Å². The summed E-state index contributed by atoms with van der Waals surface area (Å²) in [4.78, 5) is 28.4. The van der Waals surface area contributed by atoms with Crippen LogP contribution in [0.2, 0.25) is 5.02 Å². The standard InChI is InChI=1S/C20H16ClNO3S/c21-15-8-6-14(7-9-15)19-22-16(12-26-19)10-17(23)11-18(20(24)25)13-4-2-1-3-5-13/h1-9,12,18H,10-11H2,(H,24,25)/t18-/m1/s1. The smallest absolute Gasteiger partial charge is 0.311 e. The van der Waals surface area contributed by atoms with E-state index >= 15 is 0 Å². The van der Waals surface area contributed by atoms with Gasteiger partial charge in [0.2, 0.25) is 0 Å². The second-order valence-electron chi connectivity index (χ2n) is 5.87. The van der Waals surface area contributed by atoms with E-state index in [1.54, 1.807) is 36.4 Å². The quantitative estimate of drug-likeness (QED) is 0.632. The molecule has 2 aromatic carbocycles. The fourth-order valence-corrected chi connectivity index (χ4v) is 3.60. The number of thiazole rings is 1. The first-order chi connectivity index (χ1) is 12.5. The van der Waals surface area contributed by atoms with Crippen LogP contribution in [0.3, 0.4) is 0 Å². The molecular formula is C20H16ClNO3S. The topological polar surface area (TPSA) is 67.3 Å². The Morgan fingerprint density at radius 2 is 1.77 bits per heavy atom. The number of nitrogens with zero attached hydrogens (tertiary/aromatic N) is 1. The lowest BCUT2D eigenvalue weighted by Gasteiger charge is -2.11. The minimum Gasteiger partial charge on any atom is -0.481 e. The van der Waals surface area contributed by atoms with Crippen molar-refractivity contribution in [3.63, 3.8) is 0 Å². The molecule has 1 heterocycles. The van der Waals surface area contributed by atoms with Gasteiger partial charge in [-0.15, -0.1) is 11.3 Å². The number of ketones is 1. The van der Waals surface area contributed by atoms with Crippen molar-refractivity contribution in [3.05, 3.63) is 76.3 Å². The van der Waals surface area contributed by atoms with Crippen LogP contribution in [-0.4, -0.2) is 21.8 Å². The van der Waals surface area contributed by atoms with Gasteiger partial charge in [-0.2, -0.15) is 0 Å². The van der Waals surface area contributed by atoms with Gasteiger partial charge in [0.25, 0.3) is 0 Å². The van der Waals surface area contributed by atoms with E-state index in [0.717, 1.165) is 10.6 Å². The lowest BCUT2D eigenvalue weighted by Crippen LogP contribution is -2.17. The van der Waals surface area contributed by atoms with Crippen LogP contribution in [0, 0.1) is 0 Å². The van der Waals surface area contributed by atoms with E-state index in [1.165, 1.54) is 11.3 Å². The number of carboxylic acid groups (broad SMARTS) is 1. The Kier molecular flexibility index (Phi) is 5.81. The maximum absolute atomic E-state index is 12.4. The first-order valence-corrected chi connectivity index (χ1v) is 9.28. The number of hydrogen-bond donors (Lipinski definition) is 1. The van der Waals surface area contributed by atoms with Gasteiger partial charge in [0, 0.05) is 28.8 Å². The summed E-state index contributed by atoms with van der Waals surface area (Å²) in [5.41, 5.74) is 2.22. The average molecular weight is 386 g/mol. The molecule has 3 aromatic rings. The Hall–Kier alpha value is -2.50. The molecule has 132 valence electrons. The highest BCUT2D eigenvalue weighted by Crippen LogP contribution is 2.26. The monoisotopic (exact) mass is 385 g/mol. The summed E-state index contributed by atoms with van der Waals surface area (Å²) in [5, 5.41) is 12.7. The number of aliphatic carboxylic acids is 1. The van der Waals surface area contributed by atoms with Gasteiger partial charge in [0.1, 0.15) is 10.8 Å². The molecule has 4 nitrogen and oxygen atoms in total. The van der Waals surface area contributed by atoms with E-state index in [1.807, 2.05) is 23.6 Å². The van der Waals surface area contributed by atoms with Crippen molar-refractivity contribution in [2.24, 2.45) is 0 Å². The summed E-state index contributed by atoms with van der Waals surface area (Å²) in [6.45, 7) is 0. The van der Waals surface area contributed by atoms with Gasteiger partial charge >= 0.3 is 5.97 Å². The van der Waals surface area contributed by atoms with Crippen LogP contribution in [0.5, 0.6) is 0 Å². The molecule has 0 saturated heterocycles. The minimum absolute atomic E-state index is 0.0485. The summed E-state index contributed by atoms with van der Waals surface area (Å²) in [5.74, 6) is -1.98. The molecule has 0 fully saturated rings. The van der Waals surface area contributed by atoms with Crippen molar-refractivity contribution in [2.75, 3.05) is 0 Å². The number of halogens is 1. The highest BCUT2D eigenvalue weighted by Gasteiger charge is 2.23. The van der Waals surface area contributed by atoms with Crippen molar-refractivity contribution in [2.45, 2.75) is 18.8 Å². The van der Waals surface area contributed by atoms with Crippen LogP contribution >= 0.6 is 22.9 Å². The molecule has 0 aliphatic carbocycles. The highest BCUT2D eigenvalue weighted by atomic mass is 35.5. The van der Waals surface area contributed by atoms with Crippen LogP contribution in [0.25, 0.3) is 10.6 Å². The largest absolute Gasteiger partial charge is 0.481 e. The molecule has 0 bridgehead atoms. The third-order valence-corrected chi connectivity index (χ3v) is 5.15. The summed E-state index contributed by atoms with van der Waals surface area (Å²) in [7, 11) is 0. The number of carbonyl (C=O) groups is 2. The molecule has 1 aromatic heterocycles. The van der Waals surface area contributed by atoms with Crippen molar-refractivity contribution in [1.82, 2.24) is 4.98 Å². The first-order valence-electron chi connectivity index (χ1n) is 8.02. The summed E-state index contributed by atoms with van der Waals surface area (Å²) in [6, 6.07) is 16.2. The Morgan fingerprint density at radius 1 is 1.08 bits per heavy atom. The number of carbonyl (C=O) groups excluding carboxylic acids is 1. The SMILES string of the molecule is O=C(Cc1csc(-c2ccc(Cl)cc2)n1)C[C@@H](C(=O)O)c1ccccc1. The lowest BCUT2D eigenvalue weighted by atomic mass is 9.93. The third-order valence-electron chi connectivity index (χ3n) is 3.95. The van der Waals surface area contributed by atoms with Gasteiger partial charge < -0.3 is 5.11 Å². The second kappa shape index (κ2) is 8.25. The van der Waals surface area contributed by atoms with E-state index in [0.29, 0.717) is 16.3 Å². The fraction of sp³-hybridized carbons (Fsp3) is 0.150. The number of benzene rings is 2. The van der Waals surface area contributed by atoms with Gasteiger partial charge in [0.05, 0.1) is 11.6 Å². The number of aromatic nitrogens is 1. The van der Waals surface area contributed by atoms with Crippen molar-refractivity contribution >= 4 is 34.7 Å². The molecule has 1 N–H and O–H groups in total. The van der Waals surface area contributed by atoms with Crippen LogP contribution in [0.1, 0.15) is 23.6 Å². The molecule has 0 saturated carbocycles. The maximum Gasteiger partial charge on any atom is 0.311 e. The van der Waals surface area contributed by atoms with Crippen LogP contribution in [-0.2, 0) is 16.0 Å². The fourth-order valence-electron chi connectivity index (χ4n) is 2.65. The van der Waals surface area contributed by atoms with Crippen LogP contribution in [0.15, 0.2) is 60.0 Å². The zero-order chi connectivity index (χ0) is 18.5. The number of Topliss-reactive ketones (excluding diaryl/α,β-unsaturated/α-hetero) is 1. The molecule has 3 rings (SSSR count). The maximum atomic E-state index is 12.4. The second-order valence-corrected chi connectivity index (χ2v) is 7.17. The predicted molar refractivity (Wildman–Crippen MR) is 103 cm³/mol. The van der Waals surface area contributed by atoms with E-state index in [4.69, 9.17) is 11.6 Å². The van der Waals surface area contributed by atoms with Gasteiger partial charge in [-0.25, -0.2) is 4.98 Å². The molecule has 0 aliphatic rings. The van der Waals surface area contributed by atoms with E-state index in [9.17, 15) is 14.7 Å². The first kappa shape index (κ1) is 18.3. The van der Waals surface area contributed by atoms with E-state index < -0.39 is 11.9 Å². The molecule has 6 heteroatoms. The van der Waals surface area contributed by atoms with Gasteiger partial charge in [-0.05, 0) is 17.7 Å². The Labute approximate surface area is 160 Å². The summed E-state index contributed by atoms with van der Waals surface area (Å²) in [6.07, 6.45) is 0.0772. The number of carboxylic acids is 1. The molecule has 26 heavy (non-hydrogen) atoms. The molecule has 1 atom stereocenters. The van der Waals surface area contributed by atoms with E-state index in [2.05, 4.69) is 4.98 Å². The number of hydrogen-bond acceptors (Lipinski definition) is 4. The third kappa shape index (κ3) is 4.56. The molecule has 0 radical (unpaired) electrons. The predicted octanol–water partition coefficient (Wildman–Crippen LogP) is 4.83. The summed E-state index contributed by atoms with van der Waals surface area (Å²) >= 11 is 7.34. The molecule has 0 unspecified atom stereocenters. The van der Waals surface area contributed by atoms with Crippen molar-refractivity contribution in [1.29, 1.82) is 0 Å².